The first kappa shape index (κ1) is 26.0. The van der Waals surface area contributed by atoms with Crippen molar-refractivity contribution in [1.29, 1.82) is 0 Å². The van der Waals surface area contributed by atoms with Crippen LogP contribution in [0, 0.1) is 17.5 Å². The van der Waals surface area contributed by atoms with Crippen LogP contribution >= 0.6 is 0 Å². The second-order valence-electron chi connectivity index (χ2n) is 9.15. The number of anilines is 1. The Kier molecular flexibility index (Phi) is 8.11. The molecule has 0 aromatic heterocycles. The van der Waals surface area contributed by atoms with Crippen molar-refractivity contribution in [2.24, 2.45) is 0 Å². The molecule has 7 nitrogen and oxygen atoms in total. The molecule has 10 heteroatoms. The van der Waals surface area contributed by atoms with Gasteiger partial charge >= 0.3 is 6.03 Å². The number of fused-ring (bicyclic) bond motifs is 1. The predicted octanol–water partition coefficient (Wildman–Crippen LogP) is 4.93. The number of piperazine rings is 1. The molecule has 0 aliphatic carbocycles. The molecule has 38 heavy (non-hydrogen) atoms. The minimum absolute atomic E-state index is 0.0451. The number of nitrogens with one attached hydrogen (secondary N) is 1. The molecule has 3 aromatic carbocycles. The summed E-state index contributed by atoms with van der Waals surface area (Å²) < 4.78 is 58.2. The standard InChI is InChI=1S/C28H28F3N3O4/c29-22-14-21-17-36-18-38-27(21)25(16-22)32-28(35)34-10-8-33(9-11-34)12-13-37-26(19-4-2-1-3-5-19)20-6-7-23(30)24(31)15-20/h1-7,14-16,26H,8-13,17-18H2,(H,32,35). The van der Waals surface area contributed by atoms with Gasteiger partial charge in [-0.05, 0) is 29.3 Å². The van der Waals surface area contributed by atoms with Gasteiger partial charge in [0.1, 0.15) is 11.9 Å². The van der Waals surface area contributed by atoms with E-state index in [-0.39, 0.29) is 25.1 Å². The maximum atomic E-state index is 14.0. The number of halogens is 3. The number of carbonyl (C=O) groups is 1. The van der Waals surface area contributed by atoms with Crippen molar-refractivity contribution in [3.8, 4) is 5.75 Å². The molecular formula is C28H28F3N3O4. The summed E-state index contributed by atoms with van der Waals surface area (Å²) in [4.78, 5) is 16.7. The molecule has 1 atom stereocenters. The molecule has 200 valence electrons. The number of hydrogen-bond acceptors (Lipinski definition) is 5. The zero-order valence-corrected chi connectivity index (χ0v) is 20.7. The molecule has 2 aliphatic heterocycles. The van der Waals surface area contributed by atoms with Gasteiger partial charge in [-0.3, -0.25) is 4.90 Å². The molecule has 3 aromatic rings. The molecule has 2 aliphatic rings. The molecule has 1 saturated heterocycles. The average Bonchev–Trinajstić information content (AvgIpc) is 2.93. The van der Waals surface area contributed by atoms with E-state index in [1.165, 1.54) is 18.2 Å². The molecule has 0 saturated carbocycles. The second kappa shape index (κ2) is 11.8. The molecule has 2 amide bonds. The number of amides is 2. The van der Waals surface area contributed by atoms with Crippen LogP contribution in [0.4, 0.5) is 23.7 Å². The molecular weight excluding hydrogens is 499 g/mol. The van der Waals surface area contributed by atoms with Crippen LogP contribution in [0.15, 0.2) is 60.7 Å². The Hall–Kier alpha value is -3.60. The monoisotopic (exact) mass is 527 g/mol. The predicted molar refractivity (Wildman–Crippen MR) is 134 cm³/mol. The minimum atomic E-state index is -0.917. The van der Waals surface area contributed by atoms with Gasteiger partial charge in [-0.2, -0.15) is 0 Å². The number of benzene rings is 3. The van der Waals surface area contributed by atoms with Gasteiger partial charge in [0.2, 0.25) is 0 Å². The Labute approximate surface area is 218 Å². The van der Waals surface area contributed by atoms with E-state index >= 15 is 0 Å². The maximum Gasteiger partial charge on any atom is 0.322 e. The topological polar surface area (TPSA) is 63.3 Å². The van der Waals surface area contributed by atoms with Crippen LogP contribution < -0.4 is 10.1 Å². The van der Waals surface area contributed by atoms with Gasteiger partial charge in [-0.15, -0.1) is 0 Å². The summed E-state index contributed by atoms with van der Waals surface area (Å²) in [7, 11) is 0. The largest absolute Gasteiger partial charge is 0.465 e. The first-order valence-corrected chi connectivity index (χ1v) is 12.4. The van der Waals surface area contributed by atoms with E-state index < -0.39 is 23.6 Å². The quantitative estimate of drug-likeness (QED) is 0.473. The summed E-state index contributed by atoms with van der Waals surface area (Å²) in [6.07, 6.45) is -0.539. The fourth-order valence-electron chi connectivity index (χ4n) is 4.63. The van der Waals surface area contributed by atoms with Crippen molar-refractivity contribution in [3.63, 3.8) is 0 Å². The van der Waals surface area contributed by atoms with Crippen LogP contribution in [0.1, 0.15) is 22.8 Å². The van der Waals surface area contributed by atoms with E-state index in [2.05, 4.69) is 10.2 Å². The van der Waals surface area contributed by atoms with E-state index in [9.17, 15) is 18.0 Å². The highest BCUT2D eigenvalue weighted by Gasteiger charge is 2.25. The van der Waals surface area contributed by atoms with Crippen molar-refractivity contribution in [3.05, 3.63) is 94.8 Å². The fraction of sp³-hybridized carbons (Fsp3) is 0.321. The van der Waals surface area contributed by atoms with Crippen molar-refractivity contribution in [2.45, 2.75) is 12.7 Å². The van der Waals surface area contributed by atoms with Gasteiger partial charge in [0, 0.05) is 44.4 Å². The first-order chi connectivity index (χ1) is 18.5. The Morgan fingerprint density at radius 1 is 0.947 bits per heavy atom. The van der Waals surface area contributed by atoms with Crippen molar-refractivity contribution in [2.75, 3.05) is 51.4 Å². The molecule has 2 heterocycles. The van der Waals surface area contributed by atoms with Gasteiger partial charge in [-0.25, -0.2) is 18.0 Å². The average molecular weight is 528 g/mol. The molecule has 0 radical (unpaired) electrons. The van der Waals surface area contributed by atoms with Crippen LogP contribution in [-0.2, 0) is 16.1 Å². The van der Waals surface area contributed by atoms with Gasteiger partial charge in [-0.1, -0.05) is 36.4 Å². The number of rotatable bonds is 7. The summed E-state index contributed by atoms with van der Waals surface area (Å²) in [6, 6.07) is 15.4. The van der Waals surface area contributed by atoms with Gasteiger partial charge in [0.25, 0.3) is 0 Å². The number of nitrogens with zero attached hydrogens (tertiary/aromatic N) is 2. The summed E-state index contributed by atoms with van der Waals surface area (Å²) in [5, 5.41) is 2.76. The van der Waals surface area contributed by atoms with E-state index in [0.29, 0.717) is 56.2 Å². The van der Waals surface area contributed by atoms with Gasteiger partial charge < -0.3 is 24.4 Å². The van der Waals surface area contributed by atoms with E-state index in [0.717, 1.165) is 17.7 Å². The lowest BCUT2D eigenvalue weighted by molar-refractivity contribution is -0.0160. The highest BCUT2D eigenvalue weighted by Crippen LogP contribution is 2.34. The van der Waals surface area contributed by atoms with Crippen LogP contribution in [0.5, 0.6) is 5.75 Å². The molecule has 5 rings (SSSR count). The van der Waals surface area contributed by atoms with E-state index in [4.69, 9.17) is 14.2 Å². The number of carbonyl (C=O) groups excluding carboxylic acids is 1. The Morgan fingerprint density at radius 2 is 1.74 bits per heavy atom. The second-order valence-corrected chi connectivity index (χ2v) is 9.15. The molecule has 0 bridgehead atoms. The Morgan fingerprint density at radius 3 is 2.50 bits per heavy atom. The maximum absolute atomic E-state index is 14.0. The third-order valence-corrected chi connectivity index (χ3v) is 6.62. The van der Waals surface area contributed by atoms with Crippen LogP contribution in [-0.4, -0.2) is 62.0 Å². The zero-order chi connectivity index (χ0) is 26.5. The SMILES string of the molecule is O=C(Nc1cc(F)cc2c1OCOC2)N1CCN(CCOC(c2ccccc2)c2ccc(F)c(F)c2)CC1. The Bertz CT molecular complexity index is 1270. The summed E-state index contributed by atoms with van der Waals surface area (Å²) >= 11 is 0. The third-order valence-electron chi connectivity index (χ3n) is 6.62. The first-order valence-electron chi connectivity index (χ1n) is 12.4. The lowest BCUT2D eigenvalue weighted by Gasteiger charge is -2.35. The highest BCUT2D eigenvalue weighted by atomic mass is 19.2. The van der Waals surface area contributed by atoms with Crippen molar-refractivity contribution in [1.82, 2.24) is 9.80 Å². The van der Waals surface area contributed by atoms with E-state index in [1.54, 1.807) is 4.90 Å². The molecule has 1 fully saturated rings. The normalized spacial score (nSPS) is 16.4. The summed E-state index contributed by atoms with van der Waals surface area (Å²) in [5.74, 6) is -1.87. The lowest BCUT2D eigenvalue weighted by Crippen LogP contribution is -2.50. The van der Waals surface area contributed by atoms with E-state index in [1.807, 2.05) is 30.3 Å². The summed E-state index contributed by atoms with van der Waals surface area (Å²) in [5.41, 5.74) is 2.21. The van der Waals surface area contributed by atoms with Crippen LogP contribution in [0.2, 0.25) is 0 Å². The smallest absolute Gasteiger partial charge is 0.322 e. The summed E-state index contributed by atoms with van der Waals surface area (Å²) in [6.45, 7) is 3.46. The molecule has 1 N–H and O–H groups in total. The minimum Gasteiger partial charge on any atom is -0.465 e. The lowest BCUT2D eigenvalue weighted by atomic mass is 10.0. The number of ether oxygens (including phenoxy) is 3. The Balaban J connectivity index is 1.14. The molecule has 1 unspecified atom stereocenters. The zero-order valence-electron chi connectivity index (χ0n) is 20.7. The number of hydrogen-bond donors (Lipinski definition) is 1. The third kappa shape index (κ3) is 6.09. The van der Waals surface area contributed by atoms with Gasteiger partial charge in [0.15, 0.2) is 24.2 Å². The van der Waals surface area contributed by atoms with Crippen molar-refractivity contribution < 1.29 is 32.2 Å². The van der Waals surface area contributed by atoms with Crippen molar-refractivity contribution >= 4 is 11.7 Å². The van der Waals surface area contributed by atoms with Crippen LogP contribution in [0.3, 0.4) is 0 Å². The fourth-order valence-corrected chi connectivity index (χ4v) is 4.63. The number of urea groups is 1. The molecule has 0 spiro atoms. The highest BCUT2D eigenvalue weighted by molar-refractivity contribution is 5.91. The van der Waals surface area contributed by atoms with Crippen LogP contribution in [0.25, 0.3) is 0 Å². The van der Waals surface area contributed by atoms with Gasteiger partial charge in [0.05, 0.1) is 18.9 Å².